The van der Waals surface area contributed by atoms with Crippen molar-refractivity contribution < 1.29 is 32.7 Å². The number of amides is 1. The van der Waals surface area contributed by atoms with Gasteiger partial charge in [-0.3, -0.25) is 14.4 Å². The molecule has 3 aromatic rings. The Labute approximate surface area is 180 Å². The second-order valence-electron chi connectivity index (χ2n) is 7.03. The summed E-state index contributed by atoms with van der Waals surface area (Å²) in [6, 6.07) is 9.62. The summed E-state index contributed by atoms with van der Waals surface area (Å²) in [4.78, 5) is 40.3. The number of alkyl halides is 3. The van der Waals surface area contributed by atoms with E-state index < -0.39 is 36.0 Å². The van der Waals surface area contributed by atoms with E-state index in [1.165, 1.54) is 30.5 Å². The van der Waals surface area contributed by atoms with Crippen molar-refractivity contribution in [3.05, 3.63) is 83.4 Å². The van der Waals surface area contributed by atoms with Crippen molar-refractivity contribution in [2.45, 2.75) is 18.5 Å². The van der Waals surface area contributed by atoms with Crippen LogP contribution < -0.4 is 5.32 Å². The first kappa shape index (κ1) is 22.7. The van der Waals surface area contributed by atoms with E-state index in [2.05, 4.69) is 10.3 Å². The van der Waals surface area contributed by atoms with Crippen LogP contribution in [0.1, 0.15) is 39.6 Å². The molecule has 1 heterocycles. The molecule has 0 saturated heterocycles. The van der Waals surface area contributed by atoms with Gasteiger partial charge in [-0.15, -0.1) is 0 Å². The minimum atomic E-state index is -4.54. The fourth-order valence-electron chi connectivity index (χ4n) is 3.07. The first-order valence-electron chi connectivity index (χ1n) is 9.38. The van der Waals surface area contributed by atoms with Gasteiger partial charge in [-0.25, -0.2) is 4.98 Å². The van der Waals surface area contributed by atoms with E-state index in [1.54, 1.807) is 17.8 Å². The highest BCUT2D eigenvalue weighted by Crippen LogP contribution is 2.31. The van der Waals surface area contributed by atoms with Crippen molar-refractivity contribution in [1.29, 1.82) is 0 Å². The highest BCUT2D eigenvalue weighted by molar-refractivity contribution is 6.07. The Kier molecular flexibility index (Phi) is 6.42. The topological polar surface area (TPSA) is 101 Å². The number of rotatable bonds is 7. The number of nitrogens with one attached hydrogen (secondary N) is 1. The van der Waals surface area contributed by atoms with Gasteiger partial charge in [-0.05, 0) is 42.0 Å². The Morgan fingerprint density at radius 3 is 2.19 bits per heavy atom. The number of aromatic nitrogens is 2. The van der Waals surface area contributed by atoms with Crippen LogP contribution in [0.4, 0.5) is 18.9 Å². The van der Waals surface area contributed by atoms with Gasteiger partial charge in [0.2, 0.25) is 11.7 Å². The number of imidazole rings is 1. The molecule has 7 nitrogen and oxygen atoms in total. The number of carbonyl (C=O) groups is 3. The van der Waals surface area contributed by atoms with Crippen LogP contribution in [0.25, 0.3) is 0 Å². The highest BCUT2D eigenvalue weighted by Gasteiger charge is 2.31. The summed E-state index contributed by atoms with van der Waals surface area (Å²) in [5, 5.41) is 12.0. The molecule has 0 saturated carbocycles. The van der Waals surface area contributed by atoms with Gasteiger partial charge in [0, 0.05) is 37.1 Å². The Morgan fingerprint density at radius 1 is 1.06 bits per heavy atom. The van der Waals surface area contributed by atoms with Gasteiger partial charge in [-0.1, -0.05) is 12.1 Å². The third-order valence-corrected chi connectivity index (χ3v) is 4.78. The number of halogens is 3. The molecule has 3 rings (SSSR count). The van der Waals surface area contributed by atoms with Crippen molar-refractivity contribution >= 4 is 23.3 Å². The number of carboxylic acid groups (broad SMARTS) is 1. The van der Waals surface area contributed by atoms with Crippen LogP contribution in [0.2, 0.25) is 0 Å². The number of nitrogens with zero attached hydrogens (tertiary/aromatic N) is 2. The van der Waals surface area contributed by atoms with Crippen LogP contribution in [-0.4, -0.2) is 32.3 Å². The molecule has 2 aromatic carbocycles. The van der Waals surface area contributed by atoms with Crippen LogP contribution in [0.3, 0.4) is 0 Å². The largest absolute Gasteiger partial charge is 0.481 e. The lowest BCUT2D eigenvalue weighted by Crippen LogP contribution is -2.21. The molecule has 1 atom stereocenters. The van der Waals surface area contributed by atoms with E-state index in [-0.39, 0.29) is 17.2 Å². The number of benzene rings is 2. The lowest BCUT2D eigenvalue weighted by Gasteiger charge is -2.14. The summed E-state index contributed by atoms with van der Waals surface area (Å²) >= 11 is 0. The number of aliphatic carboxylic acids is 1. The fourth-order valence-corrected chi connectivity index (χ4v) is 3.07. The van der Waals surface area contributed by atoms with Crippen LogP contribution in [0.15, 0.2) is 60.9 Å². The van der Waals surface area contributed by atoms with Gasteiger partial charge in [0.1, 0.15) is 0 Å². The van der Waals surface area contributed by atoms with Crippen molar-refractivity contribution in [3.8, 4) is 0 Å². The Morgan fingerprint density at radius 2 is 1.69 bits per heavy atom. The smallest absolute Gasteiger partial charge is 0.416 e. The third-order valence-electron chi connectivity index (χ3n) is 4.78. The SMILES string of the molecule is Cn1ccnc1C(=O)c1ccc(NC(=O)C[C@@H](C(=O)O)c2ccc(C(F)(F)F)cc2)cc1. The average Bonchev–Trinajstić information content (AvgIpc) is 3.17. The van der Waals surface area contributed by atoms with E-state index in [1.807, 2.05) is 0 Å². The molecule has 10 heteroatoms. The quantitative estimate of drug-likeness (QED) is 0.538. The van der Waals surface area contributed by atoms with Gasteiger partial charge >= 0.3 is 12.1 Å². The summed E-state index contributed by atoms with van der Waals surface area (Å²) < 4.78 is 39.7. The summed E-state index contributed by atoms with van der Waals surface area (Å²) in [6.45, 7) is 0. The predicted octanol–water partition coefficient (Wildman–Crippen LogP) is 3.87. The average molecular weight is 445 g/mol. The van der Waals surface area contributed by atoms with E-state index in [0.29, 0.717) is 11.3 Å². The standard InChI is InChI=1S/C22H18F3N3O4/c1-28-11-10-26-20(28)19(30)14-4-8-16(9-5-14)27-18(29)12-17(21(31)32)13-2-6-15(7-3-13)22(23,24)25/h2-11,17H,12H2,1H3,(H,27,29)(H,31,32)/t17-/m1/s1. The Hall–Kier alpha value is -3.95. The van der Waals surface area contributed by atoms with Crippen molar-refractivity contribution in [3.63, 3.8) is 0 Å². The second-order valence-corrected chi connectivity index (χ2v) is 7.03. The zero-order valence-electron chi connectivity index (χ0n) is 16.8. The lowest BCUT2D eigenvalue weighted by molar-refractivity contribution is -0.140. The van der Waals surface area contributed by atoms with Crippen LogP contribution in [0, 0.1) is 0 Å². The monoisotopic (exact) mass is 445 g/mol. The molecular weight excluding hydrogens is 427 g/mol. The number of hydrogen-bond donors (Lipinski definition) is 2. The number of carbonyl (C=O) groups excluding carboxylic acids is 2. The van der Waals surface area contributed by atoms with Crippen LogP contribution in [-0.2, 0) is 22.8 Å². The van der Waals surface area contributed by atoms with Gasteiger partial charge in [0.15, 0.2) is 5.82 Å². The summed E-state index contributed by atoms with van der Waals surface area (Å²) in [6.07, 6.45) is -1.89. The normalized spacial score (nSPS) is 12.2. The third kappa shape index (κ3) is 5.20. The zero-order chi connectivity index (χ0) is 23.5. The van der Waals surface area contributed by atoms with Crippen LogP contribution in [0.5, 0.6) is 0 Å². The summed E-state index contributed by atoms with van der Waals surface area (Å²) in [5.41, 5.74) is -0.139. The van der Waals surface area contributed by atoms with Crippen molar-refractivity contribution in [1.82, 2.24) is 9.55 Å². The van der Waals surface area contributed by atoms with E-state index in [4.69, 9.17) is 0 Å². The maximum atomic E-state index is 12.7. The van der Waals surface area contributed by atoms with E-state index in [0.717, 1.165) is 24.3 Å². The van der Waals surface area contributed by atoms with E-state index in [9.17, 15) is 32.7 Å². The molecule has 0 aliphatic rings. The van der Waals surface area contributed by atoms with Gasteiger partial charge < -0.3 is 15.0 Å². The van der Waals surface area contributed by atoms with Crippen molar-refractivity contribution in [2.24, 2.45) is 7.05 Å². The first-order valence-corrected chi connectivity index (χ1v) is 9.38. The molecule has 0 unspecified atom stereocenters. The zero-order valence-corrected chi connectivity index (χ0v) is 16.8. The number of hydrogen-bond acceptors (Lipinski definition) is 4. The molecule has 2 N–H and O–H groups in total. The minimum absolute atomic E-state index is 0.0802. The number of aryl methyl sites for hydroxylation is 1. The molecule has 0 spiro atoms. The molecule has 1 aromatic heterocycles. The molecular formula is C22H18F3N3O4. The predicted molar refractivity (Wildman–Crippen MR) is 108 cm³/mol. The van der Waals surface area contributed by atoms with E-state index >= 15 is 0 Å². The second kappa shape index (κ2) is 9.04. The first-order chi connectivity index (χ1) is 15.1. The van der Waals surface area contributed by atoms with Crippen molar-refractivity contribution in [2.75, 3.05) is 5.32 Å². The summed E-state index contributed by atoms with van der Waals surface area (Å²) in [5.74, 6) is -3.34. The Bertz CT molecular complexity index is 1140. The van der Waals surface area contributed by atoms with Gasteiger partial charge in [0.05, 0.1) is 11.5 Å². The molecule has 0 bridgehead atoms. The minimum Gasteiger partial charge on any atom is -0.481 e. The fraction of sp³-hybridized carbons (Fsp3) is 0.182. The lowest BCUT2D eigenvalue weighted by atomic mass is 9.94. The molecule has 0 aliphatic carbocycles. The molecule has 0 radical (unpaired) electrons. The summed E-state index contributed by atoms with van der Waals surface area (Å²) in [7, 11) is 1.68. The maximum Gasteiger partial charge on any atom is 0.416 e. The number of anilines is 1. The highest BCUT2D eigenvalue weighted by atomic mass is 19.4. The molecule has 1 amide bonds. The molecule has 32 heavy (non-hydrogen) atoms. The van der Waals surface area contributed by atoms with Crippen LogP contribution >= 0.6 is 0 Å². The number of ketones is 1. The Balaban J connectivity index is 1.67. The maximum absolute atomic E-state index is 12.7. The molecule has 0 fully saturated rings. The number of carboxylic acids is 1. The van der Waals surface area contributed by atoms with Gasteiger partial charge in [0.25, 0.3) is 0 Å². The van der Waals surface area contributed by atoms with Gasteiger partial charge in [-0.2, -0.15) is 13.2 Å². The molecule has 166 valence electrons. The molecule has 0 aliphatic heterocycles.